The van der Waals surface area contributed by atoms with Gasteiger partial charge in [-0.05, 0) is 38.5 Å². The number of ether oxygens (including phenoxy) is 1. The van der Waals surface area contributed by atoms with Gasteiger partial charge in [0.15, 0.2) is 11.5 Å². The Hall–Kier alpha value is -2.93. The summed E-state index contributed by atoms with van der Waals surface area (Å²) < 4.78 is 5.86. The topological polar surface area (TPSA) is 87.2 Å². The third-order valence-corrected chi connectivity index (χ3v) is 4.98. The van der Waals surface area contributed by atoms with Crippen LogP contribution in [0.4, 0.5) is 0 Å². The van der Waals surface area contributed by atoms with Crippen LogP contribution in [-0.4, -0.2) is 43.3 Å². The van der Waals surface area contributed by atoms with E-state index >= 15 is 0 Å². The first-order valence-corrected chi connectivity index (χ1v) is 9.58. The van der Waals surface area contributed by atoms with Gasteiger partial charge in [-0.1, -0.05) is 6.92 Å². The third kappa shape index (κ3) is 3.71. The average Bonchev–Trinajstić information content (AvgIpc) is 3.02. The number of nitrogens with zero attached hydrogens (tertiary/aromatic N) is 4. The lowest BCUT2D eigenvalue weighted by Gasteiger charge is -2.18. The standard InChI is InChI=1S/C21H25N5O2/c1-4-17-9-18(25-24-17)12-26-5-6-28-21-16(11-26)7-15(8-19(21)27)20-14(3)22-10-13(2)23-20/h7-10,27H,4-6,11-12H2,1-3H3,(H,24,25). The zero-order chi connectivity index (χ0) is 19.7. The Balaban J connectivity index is 1.65. The summed E-state index contributed by atoms with van der Waals surface area (Å²) in [5, 5.41) is 18.0. The molecule has 0 fully saturated rings. The van der Waals surface area contributed by atoms with Crippen LogP contribution >= 0.6 is 0 Å². The van der Waals surface area contributed by atoms with Gasteiger partial charge in [-0.15, -0.1) is 0 Å². The molecule has 0 saturated carbocycles. The predicted octanol–water partition coefficient (Wildman–Crippen LogP) is 3.15. The highest BCUT2D eigenvalue weighted by atomic mass is 16.5. The van der Waals surface area contributed by atoms with Crippen LogP contribution in [0.3, 0.4) is 0 Å². The van der Waals surface area contributed by atoms with Crippen molar-refractivity contribution in [1.82, 2.24) is 25.1 Å². The van der Waals surface area contributed by atoms with Crippen molar-refractivity contribution in [2.75, 3.05) is 13.2 Å². The van der Waals surface area contributed by atoms with Crippen molar-refractivity contribution in [3.63, 3.8) is 0 Å². The average molecular weight is 379 g/mol. The lowest BCUT2D eigenvalue weighted by Crippen LogP contribution is -2.25. The van der Waals surface area contributed by atoms with E-state index in [0.717, 1.165) is 59.1 Å². The van der Waals surface area contributed by atoms with Gasteiger partial charge in [-0.3, -0.25) is 15.0 Å². The number of aryl methyl sites for hydroxylation is 3. The normalized spacial score (nSPS) is 14.4. The van der Waals surface area contributed by atoms with Crippen LogP contribution in [0.15, 0.2) is 24.4 Å². The molecule has 0 amide bonds. The Kier molecular flexibility index (Phi) is 5.00. The Bertz CT molecular complexity index is 998. The molecule has 0 unspecified atom stereocenters. The fourth-order valence-electron chi connectivity index (χ4n) is 3.55. The molecule has 1 aromatic carbocycles. The molecule has 0 saturated heterocycles. The molecule has 1 aliphatic rings. The highest BCUT2D eigenvalue weighted by Crippen LogP contribution is 2.37. The Labute approximate surface area is 164 Å². The van der Waals surface area contributed by atoms with Crippen molar-refractivity contribution in [2.45, 2.75) is 40.3 Å². The van der Waals surface area contributed by atoms with Crippen molar-refractivity contribution in [3.8, 4) is 22.8 Å². The summed E-state index contributed by atoms with van der Waals surface area (Å²) >= 11 is 0. The largest absolute Gasteiger partial charge is 0.504 e. The lowest BCUT2D eigenvalue weighted by molar-refractivity contribution is 0.215. The van der Waals surface area contributed by atoms with Crippen LogP contribution in [0.1, 0.15) is 35.3 Å². The zero-order valence-electron chi connectivity index (χ0n) is 16.5. The van der Waals surface area contributed by atoms with Crippen LogP contribution < -0.4 is 4.74 Å². The molecule has 0 bridgehead atoms. The van der Waals surface area contributed by atoms with Gasteiger partial charge in [0.2, 0.25) is 0 Å². The number of H-pyrrole nitrogens is 1. The fraction of sp³-hybridized carbons (Fsp3) is 0.381. The summed E-state index contributed by atoms with van der Waals surface area (Å²) in [6.07, 6.45) is 2.67. The molecule has 2 aromatic heterocycles. The third-order valence-electron chi connectivity index (χ3n) is 4.98. The quantitative estimate of drug-likeness (QED) is 0.724. The lowest BCUT2D eigenvalue weighted by atomic mass is 10.0. The second-order valence-corrected chi connectivity index (χ2v) is 7.23. The van der Waals surface area contributed by atoms with E-state index in [4.69, 9.17) is 4.74 Å². The van der Waals surface area contributed by atoms with E-state index in [1.807, 2.05) is 19.9 Å². The van der Waals surface area contributed by atoms with Gasteiger partial charge in [0.1, 0.15) is 6.61 Å². The van der Waals surface area contributed by atoms with Crippen molar-refractivity contribution in [2.24, 2.45) is 0 Å². The zero-order valence-corrected chi connectivity index (χ0v) is 16.5. The number of rotatable bonds is 4. The van der Waals surface area contributed by atoms with E-state index in [0.29, 0.717) is 18.9 Å². The van der Waals surface area contributed by atoms with Gasteiger partial charge in [0, 0.05) is 42.7 Å². The van der Waals surface area contributed by atoms with E-state index in [1.165, 1.54) is 0 Å². The molecule has 0 radical (unpaired) electrons. The summed E-state index contributed by atoms with van der Waals surface area (Å²) in [5.74, 6) is 0.704. The molecule has 2 N–H and O–H groups in total. The molecule has 0 spiro atoms. The van der Waals surface area contributed by atoms with Gasteiger partial charge in [-0.2, -0.15) is 5.10 Å². The number of aromatic amines is 1. The molecule has 0 aliphatic carbocycles. The monoisotopic (exact) mass is 379 g/mol. The number of phenolic OH excluding ortho intramolecular Hbond substituents is 1. The number of benzene rings is 1. The summed E-state index contributed by atoms with van der Waals surface area (Å²) in [6, 6.07) is 5.87. The minimum atomic E-state index is 0.145. The van der Waals surface area contributed by atoms with Crippen LogP contribution in [0.2, 0.25) is 0 Å². The number of fused-ring (bicyclic) bond motifs is 1. The molecule has 0 atom stereocenters. The Morgan fingerprint density at radius 3 is 2.89 bits per heavy atom. The number of hydrogen-bond acceptors (Lipinski definition) is 6. The number of hydrogen-bond donors (Lipinski definition) is 2. The van der Waals surface area contributed by atoms with Crippen LogP contribution in [0.5, 0.6) is 11.5 Å². The predicted molar refractivity (Wildman–Crippen MR) is 106 cm³/mol. The van der Waals surface area contributed by atoms with Crippen molar-refractivity contribution < 1.29 is 9.84 Å². The van der Waals surface area contributed by atoms with Gasteiger partial charge in [0.05, 0.1) is 22.8 Å². The SMILES string of the molecule is CCc1cc(CN2CCOc3c(O)cc(-c4nc(C)cnc4C)cc3C2)[nH]n1. The van der Waals surface area contributed by atoms with E-state index < -0.39 is 0 Å². The van der Waals surface area contributed by atoms with Gasteiger partial charge < -0.3 is 9.84 Å². The molecular weight excluding hydrogens is 354 g/mol. The molecule has 4 rings (SSSR count). The van der Waals surface area contributed by atoms with Crippen LogP contribution in [0, 0.1) is 13.8 Å². The summed E-state index contributed by atoms with van der Waals surface area (Å²) in [5.41, 5.74) is 6.42. The molecule has 3 aromatic rings. The molecule has 7 nitrogen and oxygen atoms in total. The number of aromatic nitrogens is 4. The Morgan fingerprint density at radius 2 is 2.11 bits per heavy atom. The molecular formula is C21H25N5O2. The first-order chi connectivity index (χ1) is 13.5. The van der Waals surface area contributed by atoms with Gasteiger partial charge >= 0.3 is 0 Å². The first kappa shape index (κ1) is 18.4. The molecule has 7 heteroatoms. The van der Waals surface area contributed by atoms with E-state index in [1.54, 1.807) is 12.3 Å². The van der Waals surface area contributed by atoms with E-state index in [2.05, 4.69) is 38.1 Å². The number of aromatic hydroxyl groups is 1. The van der Waals surface area contributed by atoms with Gasteiger partial charge in [0.25, 0.3) is 0 Å². The maximum atomic E-state index is 10.6. The molecule has 3 heterocycles. The Morgan fingerprint density at radius 1 is 1.25 bits per heavy atom. The number of phenols is 1. The number of nitrogens with one attached hydrogen (secondary N) is 1. The molecule has 146 valence electrons. The minimum absolute atomic E-state index is 0.145. The first-order valence-electron chi connectivity index (χ1n) is 9.58. The summed E-state index contributed by atoms with van der Waals surface area (Å²) in [4.78, 5) is 11.3. The van der Waals surface area contributed by atoms with Gasteiger partial charge in [-0.25, -0.2) is 4.98 Å². The highest BCUT2D eigenvalue weighted by Gasteiger charge is 2.21. The smallest absolute Gasteiger partial charge is 0.165 e. The highest BCUT2D eigenvalue weighted by molar-refractivity contribution is 5.67. The summed E-state index contributed by atoms with van der Waals surface area (Å²) in [7, 11) is 0. The van der Waals surface area contributed by atoms with Crippen LogP contribution in [-0.2, 0) is 19.5 Å². The van der Waals surface area contributed by atoms with E-state index in [-0.39, 0.29) is 5.75 Å². The minimum Gasteiger partial charge on any atom is -0.504 e. The van der Waals surface area contributed by atoms with Crippen molar-refractivity contribution in [1.29, 1.82) is 0 Å². The summed E-state index contributed by atoms with van der Waals surface area (Å²) in [6.45, 7) is 8.66. The molecule has 1 aliphatic heterocycles. The second-order valence-electron chi connectivity index (χ2n) is 7.23. The fourth-order valence-corrected chi connectivity index (χ4v) is 3.55. The maximum absolute atomic E-state index is 10.6. The van der Waals surface area contributed by atoms with Crippen molar-refractivity contribution >= 4 is 0 Å². The maximum Gasteiger partial charge on any atom is 0.165 e. The van der Waals surface area contributed by atoms with Crippen LogP contribution in [0.25, 0.3) is 11.3 Å². The molecule has 28 heavy (non-hydrogen) atoms. The second kappa shape index (κ2) is 7.59. The van der Waals surface area contributed by atoms with Crippen molar-refractivity contribution in [3.05, 3.63) is 52.7 Å². The van der Waals surface area contributed by atoms with E-state index in [9.17, 15) is 5.11 Å².